The molecule has 0 unspecified atom stereocenters. The van der Waals surface area contributed by atoms with E-state index in [2.05, 4.69) is 22.3 Å². The predicted octanol–water partition coefficient (Wildman–Crippen LogP) is 5.62. The molecule has 0 N–H and O–H groups in total. The molecular weight excluding hydrogens is 400 g/mol. The van der Waals surface area contributed by atoms with Gasteiger partial charge in [0.05, 0.1) is 22.6 Å². The molecule has 0 fully saturated rings. The van der Waals surface area contributed by atoms with Crippen molar-refractivity contribution in [2.45, 2.75) is 17.2 Å². The highest BCUT2D eigenvalue weighted by Crippen LogP contribution is 2.31. The molecule has 142 valence electrons. The molecule has 7 heteroatoms. The SMILES string of the molecule is c1ccc(Cc2nnc(CSc3nc(-c4cccs4)nc4ccccc34)o2)cc1. The van der Waals surface area contributed by atoms with Gasteiger partial charge in [0.25, 0.3) is 0 Å². The molecule has 0 saturated heterocycles. The first-order chi connectivity index (χ1) is 14.3. The van der Waals surface area contributed by atoms with Crippen molar-refractivity contribution in [1.82, 2.24) is 20.2 Å². The average Bonchev–Trinajstić information content (AvgIpc) is 3.45. The molecule has 3 aromatic heterocycles. The van der Waals surface area contributed by atoms with Gasteiger partial charge in [-0.05, 0) is 23.1 Å². The van der Waals surface area contributed by atoms with E-state index < -0.39 is 0 Å². The van der Waals surface area contributed by atoms with E-state index in [4.69, 9.17) is 14.4 Å². The van der Waals surface area contributed by atoms with Crippen LogP contribution in [0.3, 0.4) is 0 Å². The second-order valence-corrected chi connectivity index (χ2v) is 8.30. The summed E-state index contributed by atoms with van der Waals surface area (Å²) in [6, 6.07) is 22.2. The molecule has 3 heterocycles. The Kier molecular flexibility index (Phi) is 5.06. The molecule has 0 atom stereocenters. The van der Waals surface area contributed by atoms with Gasteiger partial charge in [-0.3, -0.25) is 0 Å². The smallest absolute Gasteiger partial charge is 0.226 e. The number of hydrogen-bond donors (Lipinski definition) is 0. The van der Waals surface area contributed by atoms with Gasteiger partial charge < -0.3 is 4.42 Å². The van der Waals surface area contributed by atoms with E-state index in [0.717, 1.165) is 32.2 Å². The fourth-order valence-electron chi connectivity index (χ4n) is 2.99. The molecular formula is C22H16N4OS2. The third-order valence-electron chi connectivity index (χ3n) is 4.35. The van der Waals surface area contributed by atoms with Gasteiger partial charge in [0.15, 0.2) is 5.82 Å². The summed E-state index contributed by atoms with van der Waals surface area (Å²) in [5.74, 6) is 2.53. The fraction of sp³-hybridized carbons (Fsp3) is 0.0909. The molecule has 2 aromatic carbocycles. The van der Waals surface area contributed by atoms with E-state index in [1.807, 2.05) is 60.0 Å². The van der Waals surface area contributed by atoms with Crippen molar-refractivity contribution in [2.24, 2.45) is 0 Å². The lowest BCUT2D eigenvalue weighted by atomic mass is 10.2. The lowest BCUT2D eigenvalue weighted by Gasteiger charge is -2.06. The van der Waals surface area contributed by atoms with E-state index in [0.29, 0.717) is 24.0 Å². The molecule has 0 amide bonds. The van der Waals surface area contributed by atoms with Gasteiger partial charge in [0.1, 0.15) is 5.03 Å². The number of thiophene rings is 1. The molecule has 29 heavy (non-hydrogen) atoms. The number of aromatic nitrogens is 4. The monoisotopic (exact) mass is 416 g/mol. The minimum Gasteiger partial charge on any atom is -0.424 e. The van der Waals surface area contributed by atoms with Gasteiger partial charge in [0.2, 0.25) is 11.8 Å². The zero-order valence-corrected chi connectivity index (χ0v) is 17.0. The Balaban J connectivity index is 1.38. The van der Waals surface area contributed by atoms with Gasteiger partial charge in [-0.15, -0.1) is 21.5 Å². The number of benzene rings is 2. The molecule has 0 saturated carbocycles. The number of rotatable bonds is 6. The molecule has 0 radical (unpaired) electrons. The van der Waals surface area contributed by atoms with E-state index in [1.54, 1.807) is 23.1 Å². The Labute approximate surface area is 175 Å². The van der Waals surface area contributed by atoms with Crippen LogP contribution in [0, 0.1) is 0 Å². The Morgan fingerprint density at radius 2 is 1.66 bits per heavy atom. The summed E-state index contributed by atoms with van der Waals surface area (Å²) in [5.41, 5.74) is 2.08. The third-order valence-corrected chi connectivity index (χ3v) is 6.19. The van der Waals surface area contributed by atoms with Gasteiger partial charge in [-0.1, -0.05) is 66.4 Å². The molecule has 0 aliphatic carbocycles. The van der Waals surface area contributed by atoms with Crippen molar-refractivity contribution >= 4 is 34.0 Å². The molecule has 5 aromatic rings. The van der Waals surface area contributed by atoms with Crippen LogP contribution in [0.15, 0.2) is 81.6 Å². The highest BCUT2D eigenvalue weighted by molar-refractivity contribution is 7.98. The largest absolute Gasteiger partial charge is 0.424 e. The first-order valence-electron chi connectivity index (χ1n) is 9.14. The lowest BCUT2D eigenvalue weighted by Crippen LogP contribution is -1.93. The second kappa shape index (κ2) is 8.14. The first kappa shape index (κ1) is 18.0. The number of nitrogens with zero attached hydrogens (tertiary/aromatic N) is 4. The molecule has 0 aliphatic rings. The van der Waals surface area contributed by atoms with Crippen LogP contribution in [0.2, 0.25) is 0 Å². The maximum Gasteiger partial charge on any atom is 0.226 e. The third kappa shape index (κ3) is 4.06. The maximum atomic E-state index is 5.84. The average molecular weight is 417 g/mol. The minimum absolute atomic E-state index is 0.562. The first-order valence-corrected chi connectivity index (χ1v) is 11.0. The minimum atomic E-state index is 0.562. The fourth-order valence-corrected chi connectivity index (χ4v) is 4.51. The van der Waals surface area contributed by atoms with Crippen LogP contribution in [0.1, 0.15) is 17.3 Å². The molecule has 0 aliphatic heterocycles. The van der Waals surface area contributed by atoms with Crippen LogP contribution < -0.4 is 0 Å². The maximum absolute atomic E-state index is 5.84. The summed E-state index contributed by atoms with van der Waals surface area (Å²) < 4.78 is 5.84. The zero-order chi connectivity index (χ0) is 19.5. The van der Waals surface area contributed by atoms with Crippen LogP contribution in [-0.2, 0) is 12.2 Å². The van der Waals surface area contributed by atoms with E-state index in [1.165, 1.54) is 0 Å². The molecule has 0 spiro atoms. The summed E-state index contributed by atoms with van der Waals surface area (Å²) >= 11 is 3.23. The number of para-hydroxylation sites is 1. The number of thioether (sulfide) groups is 1. The molecule has 5 nitrogen and oxygen atoms in total. The van der Waals surface area contributed by atoms with E-state index in [-0.39, 0.29) is 0 Å². The summed E-state index contributed by atoms with van der Waals surface area (Å²) in [6.07, 6.45) is 0.636. The van der Waals surface area contributed by atoms with Gasteiger partial charge in [-0.25, -0.2) is 9.97 Å². The normalized spacial score (nSPS) is 11.2. The Morgan fingerprint density at radius 3 is 2.52 bits per heavy atom. The Hall–Kier alpha value is -3.03. The van der Waals surface area contributed by atoms with E-state index in [9.17, 15) is 0 Å². The van der Waals surface area contributed by atoms with Crippen LogP contribution in [0.4, 0.5) is 0 Å². The van der Waals surface area contributed by atoms with Crippen LogP contribution in [-0.4, -0.2) is 20.2 Å². The molecule has 5 rings (SSSR count). The van der Waals surface area contributed by atoms with Crippen molar-refractivity contribution in [1.29, 1.82) is 0 Å². The Bertz CT molecular complexity index is 1240. The number of fused-ring (bicyclic) bond motifs is 1. The van der Waals surface area contributed by atoms with Gasteiger partial charge >= 0.3 is 0 Å². The van der Waals surface area contributed by atoms with Crippen molar-refractivity contribution < 1.29 is 4.42 Å². The Morgan fingerprint density at radius 1 is 0.828 bits per heavy atom. The van der Waals surface area contributed by atoms with Crippen LogP contribution in [0.25, 0.3) is 21.6 Å². The van der Waals surface area contributed by atoms with Crippen molar-refractivity contribution in [3.8, 4) is 10.7 Å². The zero-order valence-electron chi connectivity index (χ0n) is 15.4. The summed E-state index contributed by atoms with van der Waals surface area (Å²) in [6.45, 7) is 0. The topological polar surface area (TPSA) is 64.7 Å². The summed E-state index contributed by atoms with van der Waals surface area (Å²) in [7, 11) is 0. The van der Waals surface area contributed by atoms with Gasteiger partial charge in [-0.2, -0.15) is 0 Å². The van der Waals surface area contributed by atoms with Crippen molar-refractivity contribution in [2.75, 3.05) is 0 Å². The standard InChI is InChI=1S/C22H16N4OS2/c1-2-7-15(8-3-1)13-19-25-26-20(27-19)14-29-22-16-9-4-5-10-17(16)23-21(24-22)18-11-6-12-28-18/h1-12H,13-14H2. The van der Waals surface area contributed by atoms with Crippen LogP contribution >= 0.6 is 23.1 Å². The van der Waals surface area contributed by atoms with E-state index >= 15 is 0 Å². The lowest BCUT2D eigenvalue weighted by molar-refractivity contribution is 0.474. The quantitative estimate of drug-likeness (QED) is 0.264. The highest BCUT2D eigenvalue weighted by atomic mass is 32.2. The van der Waals surface area contributed by atoms with Crippen LogP contribution in [0.5, 0.6) is 0 Å². The summed E-state index contributed by atoms with van der Waals surface area (Å²) in [5, 5.41) is 12.4. The predicted molar refractivity (Wildman–Crippen MR) is 116 cm³/mol. The van der Waals surface area contributed by atoms with Crippen molar-refractivity contribution in [3.63, 3.8) is 0 Å². The second-order valence-electron chi connectivity index (χ2n) is 6.39. The number of hydrogen-bond acceptors (Lipinski definition) is 7. The summed E-state index contributed by atoms with van der Waals surface area (Å²) in [4.78, 5) is 10.6. The van der Waals surface area contributed by atoms with Crippen molar-refractivity contribution in [3.05, 3.63) is 89.5 Å². The van der Waals surface area contributed by atoms with Gasteiger partial charge in [0, 0.05) is 5.39 Å². The highest BCUT2D eigenvalue weighted by Gasteiger charge is 2.13. The molecule has 0 bridgehead atoms.